The van der Waals surface area contributed by atoms with Crippen molar-refractivity contribution in [1.29, 1.82) is 0 Å². The van der Waals surface area contributed by atoms with Crippen LogP contribution in [0.3, 0.4) is 0 Å². The van der Waals surface area contributed by atoms with Crippen LogP contribution < -0.4 is 4.74 Å². The lowest BCUT2D eigenvalue weighted by atomic mass is 10.1. The molecule has 170 valence electrons. The van der Waals surface area contributed by atoms with E-state index >= 15 is 0 Å². The predicted octanol–water partition coefficient (Wildman–Crippen LogP) is 6.52. The van der Waals surface area contributed by atoms with Crippen molar-refractivity contribution in [2.24, 2.45) is 0 Å². The molecule has 4 rings (SSSR count). The van der Waals surface area contributed by atoms with Crippen LogP contribution in [-0.2, 0) is 23.5 Å². The lowest BCUT2D eigenvalue weighted by Gasteiger charge is -2.10. The second kappa shape index (κ2) is 10.9. The highest BCUT2D eigenvalue weighted by Gasteiger charge is 2.15. The monoisotopic (exact) mass is 524 g/mol. The molecule has 0 atom stereocenters. The quantitative estimate of drug-likeness (QED) is 0.184. The average molecular weight is 525 g/mol. The first-order valence-corrected chi connectivity index (χ1v) is 12.5. The standard InChI is InChI=1S/C26H25BrN2O3S/c1-3-32-25(30)20-9-12-24-23(16-20)28-26(33-17-19-5-4-6-21(27)15-19)29(24)14-13-18-7-10-22(31-2)11-8-18/h4-12,15-16H,3,13-14,17H2,1-2H3. The number of nitrogens with zero attached hydrogens (tertiary/aromatic N) is 2. The third kappa shape index (κ3) is 5.78. The Hall–Kier alpha value is -2.77. The van der Waals surface area contributed by atoms with Gasteiger partial charge in [-0.05, 0) is 66.9 Å². The van der Waals surface area contributed by atoms with E-state index < -0.39 is 0 Å². The van der Waals surface area contributed by atoms with Gasteiger partial charge in [-0.2, -0.15) is 0 Å². The van der Waals surface area contributed by atoms with Crippen molar-refractivity contribution in [3.63, 3.8) is 0 Å². The summed E-state index contributed by atoms with van der Waals surface area (Å²) >= 11 is 5.24. The summed E-state index contributed by atoms with van der Waals surface area (Å²) in [5.41, 5.74) is 4.77. The minimum absolute atomic E-state index is 0.324. The van der Waals surface area contributed by atoms with E-state index in [0.717, 1.165) is 45.1 Å². The fourth-order valence-corrected chi connectivity index (χ4v) is 5.01. The van der Waals surface area contributed by atoms with Gasteiger partial charge in [0.05, 0.1) is 30.3 Å². The van der Waals surface area contributed by atoms with Crippen molar-refractivity contribution < 1.29 is 14.3 Å². The number of methoxy groups -OCH3 is 1. The first-order chi connectivity index (χ1) is 16.1. The third-order valence-corrected chi connectivity index (χ3v) is 6.81. The summed E-state index contributed by atoms with van der Waals surface area (Å²) in [6, 6.07) is 22.0. The summed E-state index contributed by atoms with van der Waals surface area (Å²) < 4.78 is 13.7. The van der Waals surface area contributed by atoms with Crippen LogP contribution in [0.4, 0.5) is 0 Å². The number of aryl methyl sites for hydroxylation is 2. The van der Waals surface area contributed by atoms with E-state index in [0.29, 0.717) is 12.2 Å². The number of ether oxygens (including phenoxy) is 2. The second-order valence-electron chi connectivity index (χ2n) is 7.49. The van der Waals surface area contributed by atoms with Gasteiger partial charge in [0.1, 0.15) is 5.75 Å². The number of hydrogen-bond acceptors (Lipinski definition) is 5. The van der Waals surface area contributed by atoms with Gasteiger partial charge >= 0.3 is 5.97 Å². The Labute approximate surface area is 206 Å². The molecule has 0 aliphatic rings. The fourth-order valence-electron chi connectivity index (χ4n) is 3.58. The van der Waals surface area contributed by atoms with Crippen LogP contribution in [0.5, 0.6) is 5.75 Å². The summed E-state index contributed by atoms with van der Waals surface area (Å²) in [4.78, 5) is 17.1. The number of thioether (sulfide) groups is 1. The molecule has 1 heterocycles. The number of esters is 1. The minimum atomic E-state index is -0.324. The lowest BCUT2D eigenvalue weighted by molar-refractivity contribution is 0.0526. The molecule has 0 radical (unpaired) electrons. The lowest BCUT2D eigenvalue weighted by Crippen LogP contribution is -2.05. The number of carbonyl (C=O) groups excluding carboxylic acids is 1. The summed E-state index contributed by atoms with van der Waals surface area (Å²) in [6.07, 6.45) is 0.861. The molecular weight excluding hydrogens is 500 g/mol. The van der Waals surface area contributed by atoms with Crippen LogP contribution in [0, 0.1) is 0 Å². The molecule has 0 fully saturated rings. The maximum absolute atomic E-state index is 12.2. The summed E-state index contributed by atoms with van der Waals surface area (Å²) in [5, 5.41) is 0.930. The molecule has 0 aliphatic heterocycles. The van der Waals surface area contributed by atoms with Gasteiger partial charge in [0, 0.05) is 16.8 Å². The highest BCUT2D eigenvalue weighted by atomic mass is 79.9. The van der Waals surface area contributed by atoms with Crippen molar-refractivity contribution in [3.8, 4) is 5.75 Å². The van der Waals surface area contributed by atoms with Crippen LogP contribution >= 0.6 is 27.7 Å². The van der Waals surface area contributed by atoms with Crippen LogP contribution in [0.1, 0.15) is 28.4 Å². The van der Waals surface area contributed by atoms with Crippen LogP contribution in [0.2, 0.25) is 0 Å². The van der Waals surface area contributed by atoms with Gasteiger partial charge in [-0.15, -0.1) is 0 Å². The first kappa shape index (κ1) is 23.4. The van der Waals surface area contributed by atoms with Crippen molar-refractivity contribution in [2.75, 3.05) is 13.7 Å². The Balaban J connectivity index is 1.62. The second-order valence-corrected chi connectivity index (χ2v) is 9.34. The molecule has 7 heteroatoms. The van der Waals surface area contributed by atoms with Crippen molar-refractivity contribution in [3.05, 3.63) is 87.9 Å². The van der Waals surface area contributed by atoms with Crippen molar-refractivity contribution in [2.45, 2.75) is 30.8 Å². The van der Waals surface area contributed by atoms with E-state index in [1.54, 1.807) is 25.8 Å². The molecule has 0 amide bonds. The Morgan fingerprint density at radius 1 is 1.06 bits per heavy atom. The number of aromatic nitrogens is 2. The number of hydrogen-bond donors (Lipinski definition) is 0. The molecule has 3 aromatic carbocycles. The topological polar surface area (TPSA) is 53.3 Å². The normalized spacial score (nSPS) is 11.0. The van der Waals surface area contributed by atoms with E-state index in [1.807, 2.05) is 42.5 Å². The summed E-state index contributed by atoms with van der Waals surface area (Å²) in [7, 11) is 1.67. The molecule has 0 spiro atoms. The summed E-state index contributed by atoms with van der Waals surface area (Å²) in [6.45, 7) is 2.93. The Morgan fingerprint density at radius 2 is 1.88 bits per heavy atom. The Kier molecular flexibility index (Phi) is 7.73. The SMILES string of the molecule is CCOC(=O)c1ccc2c(c1)nc(SCc1cccc(Br)c1)n2CCc1ccc(OC)cc1. The van der Waals surface area contributed by atoms with Gasteiger partial charge in [-0.25, -0.2) is 9.78 Å². The van der Waals surface area contributed by atoms with Crippen LogP contribution in [-0.4, -0.2) is 29.2 Å². The molecule has 4 aromatic rings. The van der Waals surface area contributed by atoms with E-state index in [1.165, 1.54) is 11.1 Å². The molecular formula is C26H25BrN2O3S. The van der Waals surface area contributed by atoms with Gasteiger partial charge in [-0.1, -0.05) is 52.0 Å². The Morgan fingerprint density at radius 3 is 2.61 bits per heavy atom. The zero-order valence-electron chi connectivity index (χ0n) is 18.6. The number of fused-ring (bicyclic) bond motifs is 1. The molecule has 0 saturated heterocycles. The van der Waals surface area contributed by atoms with Crippen molar-refractivity contribution >= 4 is 44.7 Å². The van der Waals surface area contributed by atoms with Gasteiger partial charge < -0.3 is 14.0 Å². The number of imidazole rings is 1. The number of rotatable bonds is 9. The average Bonchev–Trinajstić information content (AvgIpc) is 3.18. The number of carbonyl (C=O) groups is 1. The van der Waals surface area contributed by atoms with E-state index in [4.69, 9.17) is 14.5 Å². The number of benzene rings is 3. The molecule has 0 bridgehead atoms. The van der Waals surface area contributed by atoms with E-state index in [2.05, 4.69) is 44.8 Å². The minimum Gasteiger partial charge on any atom is -0.497 e. The van der Waals surface area contributed by atoms with E-state index in [9.17, 15) is 4.79 Å². The molecule has 0 N–H and O–H groups in total. The third-order valence-electron chi connectivity index (χ3n) is 5.26. The zero-order chi connectivity index (χ0) is 23.2. The molecule has 0 aliphatic carbocycles. The largest absolute Gasteiger partial charge is 0.497 e. The number of halogens is 1. The fraction of sp³-hybridized carbons (Fsp3) is 0.231. The molecule has 0 unspecified atom stereocenters. The first-order valence-electron chi connectivity index (χ1n) is 10.7. The van der Waals surface area contributed by atoms with Gasteiger partial charge in [0.25, 0.3) is 0 Å². The smallest absolute Gasteiger partial charge is 0.338 e. The highest BCUT2D eigenvalue weighted by molar-refractivity contribution is 9.10. The van der Waals surface area contributed by atoms with E-state index in [-0.39, 0.29) is 5.97 Å². The highest BCUT2D eigenvalue weighted by Crippen LogP contribution is 2.29. The predicted molar refractivity (Wildman–Crippen MR) is 136 cm³/mol. The maximum Gasteiger partial charge on any atom is 0.338 e. The van der Waals surface area contributed by atoms with Crippen LogP contribution in [0.15, 0.2) is 76.4 Å². The van der Waals surface area contributed by atoms with Gasteiger partial charge in [0.2, 0.25) is 0 Å². The van der Waals surface area contributed by atoms with Crippen LogP contribution in [0.25, 0.3) is 11.0 Å². The summed E-state index contributed by atoms with van der Waals surface area (Å²) in [5.74, 6) is 1.33. The maximum atomic E-state index is 12.2. The molecule has 1 aromatic heterocycles. The molecule has 0 saturated carbocycles. The van der Waals surface area contributed by atoms with Crippen molar-refractivity contribution in [1.82, 2.24) is 9.55 Å². The molecule has 33 heavy (non-hydrogen) atoms. The zero-order valence-corrected chi connectivity index (χ0v) is 21.0. The molecule has 5 nitrogen and oxygen atoms in total. The Bertz CT molecular complexity index is 1250. The van der Waals surface area contributed by atoms with Gasteiger partial charge in [0.15, 0.2) is 5.16 Å². The van der Waals surface area contributed by atoms with Gasteiger partial charge in [-0.3, -0.25) is 0 Å².